The van der Waals surface area contributed by atoms with Gasteiger partial charge in [0, 0.05) is 0 Å². The molecule has 3 N–H and O–H groups in total. The van der Waals surface area contributed by atoms with Crippen molar-refractivity contribution < 1.29 is 23.9 Å². The van der Waals surface area contributed by atoms with Crippen molar-refractivity contribution in [3.8, 4) is 5.75 Å². The summed E-state index contributed by atoms with van der Waals surface area (Å²) in [5.41, 5.74) is 5.71. The number of hydrogen-bond acceptors (Lipinski definition) is 5. The van der Waals surface area contributed by atoms with Gasteiger partial charge >= 0.3 is 6.03 Å². The molecule has 0 atom stereocenters. The number of anilines is 1. The number of amides is 5. The first-order valence-electron chi connectivity index (χ1n) is 8.04. The van der Waals surface area contributed by atoms with Gasteiger partial charge in [-0.2, -0.15) is 0 Å². The largest absolute Gasteiger partial charge is 0.483 e. The standard InChI is InChI=1S/C19H14BrN3O5/c20-14-9-11(6-7-15(14)28-10-16(21)24)8-13-17(25)22-19(27)23(18(13)26)12-4-2-1-3-5-12/h1-9H,10H2,(H2,21,24)(H,22,25,27)/b13-8+. The van der Waals surface area contributed by atoms with Crippen molar-refractivity contribution in [2.24, 2.45) is 5.73 Å². The average Bonchev–Trinajstić information content (AvgIpc) is 2.65. The maximum absolute atomic E-state index is 12.8. The Bertz CT molecular complexity index is 1000. The lowest BCUT2D eigenvalue weighted by molar-refractivity contribution is -0.123. The molecule has 1 heterocycles. The summed E-state index contributed by atoms with van der Waals surface area (Å²) < 4.78 is 5.74. The van der Waals surface area contributed by atoms with Crippen LogP contribution in [0.5, 0.6) is 5.75 Å². The number of para-hydroxylation sites is 1. The van der Waals surface area contributed by atoms with Crippen LogP contribution in [0.2, 0.25) is 0 Å². The molecule has 28 heavy (non-hydrogen) atoms. The van der Waals surface area contributed by atoms with Crippen LogP contribution in [-0.2, 0) is 14.4 Å². The Morgan fingerprint density at radius 3 is 2.50 bits per heavy atom. The molecule has 0 spiro atoms. The fourth-order valence-electron chi connectivity index (χ4n) is 2.51. The number of primary amides is 1. The van der Waals surface area contributed by atoms with Crippen LogP contribution in [0.25, 0.3) is 6.08 Å². The van der Waals surface area contributed by atoms with E-state index in [4.69, 9.17) is 10.5 Å². The number of nitrogens with one attached hydrogen (secondary N) is 1. The van der Waals surface area contributed by atoms with Crippen LogP contribution in [-0.4, -0.2) is 30.4 Å². The first kappa shape index (κ1) is 19.3. The molecule has 1 saturated heterocycles. The van der Waals surface area contributed by atoms with Crippen molar-refractivity contribution in [1.82, 2.24) is 5.32 Å². The van der Waals surface area contributed by atoms with Crippen LogP contribution in [0, 0.1) is 0 Å². The molecule has 0 unspecified atom stereocenters. The first-order chi connectivity index (χ1) is 13.4. The van der Waals surface area contributed by atoms with E-state index in [1.807, 2.05) is 0 Å². The second kappa shape index (κ2) is 8.05. The highest BCUT2D eigenvalue weighted by molar-refractivity contribution is 9.10. The van der Waals surface area contributed by atoms with Gasteiger partial charge in [-0.1, -0.05) is 24.3 Å². The van der Waals surface area contributed by atoms with Crippen molar-refractivity contribution in [2.45, 2.75) is 0 Å². The van der Waals surface area contributed by atoms with Crippen molar-refractivity contribution in [1.29, 1.82) is 0 Å². The van der Waals surface area contributed by atoms with Crippen LogP contribution in [0.1, 0.15) is 5.56 Å². The van der Waals surface area contributed by atoms with Crippen molar-refractivity contribution in [3.63, 3.8) is 0 Å². The average molecular weight is 444 g/mol. The molecule has 0 saturated carbocycles. The minimum atomic E-state index is -0.810. The number of ether oxygens (including phenoxy) is 1. The van der Waals surface area contributed by atoms with Crippen LogP contribution < -0.4 is 20.7 Å². The van der Waals surface area contributed by atoms with Gasteiger partial charge < -0.3 is 10.5 Å². The van der Waals surface area contributed by atoms with E-state index in [2.05, 4.69) is 21.2 Å². The lowest BCUT2D eigenvalue weighted by Gasteiger charge is -2.26. The minimum absolute atomic E-state index is 0.193. The number of carbonyl (C=O) groups is 4. The number of imide groups is 2. The van der Waals surface area contributed by atoms with Crippen LogP contribution in [0.4, 0.5) is 10.5 Å². The number of nitrogens with two attached hydrogens (primary N) is 1. The molecule has 0 aliphatic carbocycles. The molecule has 8 nitrogen and oxygen atoms in total. The molecule has 0 aromatic heterocycles. The van der Waals surface area contributed by atoms with Gasteiger partial charge in [0.1, 0.15) is 11.3 Å². The summed E-state index contributed by atoms with van der Waals surface area (Å²) in [5, 5.41) is 2.16. The van der Waals surface area contributed by atoms with E-state index in [-0.39, 0.29) is 12.2 Å². The lowest BCUT2D eigenvalue weighted by atomic mass is 10.1. The minimum Gasteiger partial charge on any atom is -0.483 e. The second-order valence-electron chi connectivity index (χ2n) is 5.74. The van der Waals surface area contributed by atoms with Crippen molar-refractivity contribution in [2.75, 3.05) is 11.5 Å². The molecule has 2 aromatic rings. The Morgan fingerprint density at radius 2 is 1.86 bits per heavy atom. The number of barbiturate groups is 1. The number of rotatable bonds is 5. The zero-order chi connectivity index (χ0) is 20.3. The summed E-state index contributed by atoms with van der Waals surface area (Å²) in [4.78, 5) is 48.8. The maximum Gasteiger partial charge on any atom is 0.335 e. The van der Waals surface area contributed by atoms with Crippen molar-refractivity contribution in [3.05, 3.63) is 64.1 Å². The first-order valence-corrected chi connectivity index (χ1v) is 8.83. The van der Waals surface area contributed by atoms with Gasteiger partial charge in [0.25, 0.3) is 17.7 Å². The summed E-state index contributed by atoms with van der Waals surface area (Å²) in [6.45, 7) is -0.284. The topological polar surface area (TPSA) is 119 Å². The van der Waals surface area contributed by atoms with Gasteiger partial charge in [0.15, 0.2) is 6.61 Å². The Kier molecular flexibility index (Phi) is 5.55. The Labute approximate surface area is 168 Å². The number of halogens is 1. The molecule has 3 rings (SSSR count). The normalized spacial score (nSPS) is 15.5. The van der Waals surface area contributed by atoms with Crippen LogP contribution >= 0.6 is 15.9 Å². The van der Waals surface area contributed by atoms with E-state index in [0.29, 0.717) is 21.5 Å². The van der Waals surface area contributed by atoms with Gasteiger partial charge in [-0.25, -0.2) is 9.69 Å². The highest BCUT2D eigenvalue weighted by atomic mass is 79.9. The van der Waals surface area contributed by atoms with E-state index in [0.717, 1.165) is 4.90 Å². The number of urea groups is 1. The molecule has 9 heteroatoms. The van der Waals surface area contributed by atoms with Crippen LogP contribution in [0.3, 0.4) is 0 Å². The zero-order valence-electron chi connectivity index (χ0n) is 14.3. The lowest BCUT2D eigenvalue weighted by Crippen LogP contribution is -2.54. The SMILES string of the molecule is NC(=O)COc1ccc(/C=C2\C(=O)NC(=O)N(c3ccccc3)C2=O)cc1Br. The molecule has 0 radical (unpaired) electrons. The predicted molar refractivity (Wildman–Crippen MR) is 104 cm³/mol. The van der Waals surface area contributed by atoms with E-state index >= 15 is 0 Å². The van der Waals surface area contributed by atoms with E-state index < -0.39 is 23.8 Å². The molecule has 0 bridgehead atoms. The van der Waals surface area contributed by atoms with Crippen molar-refractivity contribution >= 4 is 51.4 Å². The fourth-order valence-corrected chi connectivity index (χ4v) is 3.02. The smallest absolute Gasteiger partial charge is 0.335 e. The van der Waals surface area contributed by atoms with Gasteiger partial charge in [-0.15, -0.1) is 0 Å². The molecular formula is C19H14BrN3O5. The van der Waals surface area contributed by atoms with Gasteiger partial charge in [0.05, 0.1) is 10.2 Å². The zero-order valence-corrected chi connectivity index (χ0v) is 15.9. The fraction of sp³-hybridized carbons (Fsp3) is 0.0526. The van der Waals surface area contributed by atoms with E-state index in [1.54, 1.807) is 48.5 Å². The summed E-state index contributed by atoms with van der Waals surface area (Å²) in [6, 6.07) is 12.2. The monoisotopic (exact) mass is 443 g/mol. The highest BCUT2D eigenvalue weighted by Crippen LogP contribution is 2.28. The highest BCUT2D eigenvalue weighted by Gasteiger charge is 2.36. The van der Waals surface area contributed by atoms with Crippen LogP contribution in [0.15, 0.2) is 58.6 Å². The van der Waals surface area contributed by atoms with E-state index in [9.17, 15) is 19.2 Å². The Balaban J connectivity index is 1.91. The molecule has 1 aliphatic rings. The number of nitrogens with zero attached hydrogens (tertiary/aromatic N) is 1. The molecule has 1 aliphatic heterocycles. The quantitative estimate of drug-likeness (QED) is 0.540. The Hall–Kier alpha value is -3.46. The van der Waals surface area contributed by atoms with Gasteiger partial charge in [0.2, 0.25) is 0 Å². The van der Waals surface area contributed by atoms with Gasteiger partial charge in [-0.05, 0) is 51.8 Å². The third kappa shape index (κ3) is 4.09. The maximum atomic E-state index is 12.8. The molecule has 1 fully saturated rings. The second-order valence-corrected chi connectivity index (χ2v) is 6.59. The molecule has 142 valence electrons. The summed E-state index contributed by atoms with van der Waals surface area (Å²) in [6.07, 6.45) is 1.36. The summed E-state index contributed by atoms with van der Waals surface area (Å²) in [7, 11) is 0. The molecule has 2 aromatic carbocycles. The molecule has 5 amide bonds. The number of benzene rings is 2. The van der Waals surface area contributed by atoms with Gasteiger partial charge in [-0.3, -0.25) is 19.7 Å². The summed E-state index contributed by atoms with van der Waals surface area (Å²) >= 11 is 3.29. The number of carbonyl (C=O) groups excluding carboxylic acids is 4. The van der Waals surface area contributed by atoms with E-state index in [1.165, 1.54) is 6.08 Å². The summed E-state index contributed by atoms with van der Waals surface area (Å²) in [5.74, 6) is -1.76. The predicted octanol–water partition coefficient (Wildman–Crippen LogP) is 1.98. The third-order valence-corrected chi connectivity index (χ3v) is 4.37. The molecular weight excluding hydrogens is 430 g/mol. The Morgan fingerprint density at radius 1 is 1.14 bits per heavy atom. The third-order valence-electron chi connectivity index (χ3n) is 3.75. The number of hydrogen-bond donors (Lipinski definition) is 2.